The molecule has 2 aromatic carbocycles. The van der Waals surface area contributed by atoms with Gasteiger partial charge in [-0.05, 0) is 17.7 Å². The van der Waals surface area contributed by atoms with Crippen LogP contribution in [0.3, 0.4) is 0 Å². The van der Waals surface area contributed by atoms with Crippen molar-refractivity contribution in [2.75, 3.05) is 0 Å². The second-order valence-corrected chi connectivity index (χ2v) is 5.83. The largest absolute Gasteiger partial charge is 0.507 e. The van der Waals surface area contributed by atoms with Crippen molar-refractivity contribution in [1.29, 1.82) is 0 Å². The van der Waals surface area contributed by atoms with Crippen LogP contribution in [0.15, 0.2) is 24.3 Å². The zero-order valence-corrected chi connectivity index (χ0v) is 12.9. The van der Waals surface area contributed by atoms with Gasteiger partial charge >= 0.3 is 5.97 Å². The Morgan fingerprint density at radius 3 is 2.40 bits per heavy atom. The number of hydrogen-bond acceptors (Lipinski definition) is 7. The first-order chi connectivity index (χ1) is 11.8. The van der Waals surface area contributed by atoms with E-state index in [1.54, 1.807) is 0 Å². The Balaban J connectivity index is 2.08. The van der Waals surface area contributed by atoms with Gasteiger partial charge in [0.05, 0.1) is 12.5 Å². The van der Waals surface area contributed by atoms with Crippen molar-refractivity contribution in [2.45, 2.75) is 25.0 Å². The molecule has 132 valence electrons. The van der Waals surface area contributed by atoms with Crippen molar-refractivity contribution < 1.29 is 40.2 Å². The second-order valence-electron chi connectivity index (χ2n) is 5.83. The predicted octanol–water partition coefficient (Wildman–Crippen LogP) is 1.17. The van der Waals surface area contributed by atoms with Crippen LogP contribution < -0.4 is 4.74 Å². The summed E-state index contributed by atoms with van der Waals surface area (Å²) in [6.45, 7) is 0. The standard InChI is InChI=1S/C17H16O8/c18-10-2-1-7(3-13(10)21)16-14(22)4-8-11(19)6-12(20)9(5-15(23)24)17(8)25-16/h1-3,6,14,16,18-22H,4-5H2,(H,23,24)/t14-,16+/m0/s1. The summed E-state index contributed by atoms with van der Waals surface area (Å²) in [5, 5.41) is 58.3. The van der Waals surface area contributed by atoms with Gasteiger partial charge in [0, 0.05) is 23.6 Å². The van der Waals surface area contributed by atoms with Crippen LogP contribution in [0.4, 0.5) is 0 Å². The first kappa shape index (κ1) is 16.7. The third kappa shape index (κ3) is 2.99. The van der Waals surface area contributed by atoms with Gasteiger partial charge in [-0.15, -0.1) is 0 Å². The maximum absolute atomic E-state index is 11.1. The van der Waals surface area contributed by atoms with Crippen molar-refractivity contribution in [3.63, 3.8) is 0 Å². The lowest BCUT2D eigenvalue weighted by Gasteiger charge is -2.32. The van der Waals surface area contributed by atoms with Gasteiger partial charge in [0.2, 0.25) is 0 Å². The van der Waals surface area contributed by atoms with E-state index in [2.05, 4.69) is 0 Å². The first-order valence-corrected chi connectivity index (χ1v) is 7.43. The Morgan fingerprint density at radius 1 is 1.04 bits per heavy atom. The molecule has 0 saturated heterocycles. The normalized spacial score (nSPS) is 19.1. The number of aliphatic carboxylic acids is 1. The molecule has 0 aromatic heterocycles. The summed E-state index contributed by atoms with van der Waals surface area (Å²) in [6, 6.07) is 4.90. The second kappa shape index (κ2) is 6.06. The molecule has 0 saturated carbocycles. The van der Waals surface area contributed by atoms with Crippen molar-refractivity contribution in [3.8, 4) is 28.7 Å². The lowest BCUT2D eigenvalue weighted by Crippen LogP contribution is -2.31. The number of carbonyl (C=O) groups is 1. The number of benzene rings is 2. The number of carboxylic acids is 1. The van der Waals surface area contributed by atoms with Gasteiger partial charge < -0.3 is 35.4 Å². The highest BCUT2D eigenvalue weighted by Crippen LogP contribution is 2.46. The fourth-order valence-corrected chi connectivity index (χ4v) is 2.91. The molecule has 0 fully saturated rings. The van der Waals surface area contributed by atoms with E-state index in [9.17, 15) is 30.3 Å². The van der Waals surface area contributed by atoms with Crippen LogP contribution in [-0.2, 0) is 17.6 Å². The number of aromatic hydroxyl groups is 4. The summed E-state index contributed by atoms with van der Waals surface area (Å²) in [5.41, 5.74) is 0.526. The molecule has 3 rings (SSSR count). The maximum Gasteiger partial charge on any atom is 0.308 e. The van der Waals surface area contributed by atoms with Crippen LogP contribution in [0.25, 0.3) is 0 Å². The summed E-state index contributed by atoms with van der Waals surface area (Å²) in [6.07, 6.45) is -2.64. The summed E-state index contributed by atoms with van der Waals surface area (Å²) in [5.74, 6) is -2.69. The minimum Gasteiger partial charge on any atom is -0.507 e. The lowest BCUT2D eigenvalue weighted by molar-refractivity contribution is -0.136. The molecule has 0 aliphatic carbocycles. The third-order valence-corrected chi connectivity index (χ3v) is 4.10. The Kier molecular flexibility index (Phi) is 4.05. The molecule has 2 atom stereocenters. The molecule has 0 amide bonds. The van der Waals surface area contributed by atoms with Gasteiger partial charge in [-0.3, -0.25) is 4.79 Å². The monoisotopic (exact) mass is 348 g/mol. The molecular weight excluding hydrogens is 332 g/mol. The van der Waals surface area contributed by atoms with Crippen molar-refractivity contribution in [1.82, 2.24) is 0 Å². The number of ether oxygens (including phenoxy) is 1. The quantitative estimate of drug-likeness (QED) is 0.453. The number of aliphatic hydroxyl groups excluding tert-OH is 1. The van der Waals surface area contributed by atoms with Crippen LogP contribution in [0, 0.1) is 0 Å². The molecule has 1 aliphatic heterocycles. The number of carboxylic acid groups (broad SMARTS) is 1. The minimum atomic E-state index is -1.20. The van der Waals surface area contributed by atoms with Crippen LogP contribution in [0.2, 0.25) is 0 Å². The van der Waals surface area contributed by atoms with Crippen molar-refractivity contribution >= 4 is 5.97 Å². The van der Waals surface area contributed by atoms with Gasteiger partial charge in [-0.25, -0.2) is 0 Å². The number of hydrogen-bond donors (Lipinski definition) is 6. The Hall–Kier alpha value is -3.13. The van der Waals surface area contributed by atoms with E-state index < -0.39 is 36.1 Å². The van der Waals surface area contributed by atoms with E-state index >= 15 is 0 Å². The molecule has 2 aromatic rings. The Bertz CT molecular complexity index is 845. The van der Waals surface area contributed by atoms with Crippen LogP contribution >= 0.6 is 0 Å². The van der Waals surface area contributed by atoms with E-state index in [0.717, 1.165) is 6.07 Å². The fraction of sp³-hybridized carbons (Fsp3) is 0.235. The molecule has 6 N–H and O–H groups in total. The highest BCUT2D eigenvalue weighted by Gasteiger charge is 2.35. The van der Waals surface area contributed by atoms with E-state index in [1.165, 1.54) is 18.2 Å². The smallest absolute Gasteiger partial charge is 0.308 e. The van der Waals surface area contributed by atoms with Gasteiger partial charge in [-0.2, -0.15) is 0 Å². The van der Waals surface area contributed by atoms with Crippen LogP contribution in [0.5, 0.6) is 28.7 Å². The molecule has 1 aliphatic rings. The molecule has 8 heteroatoms. The molecule has 0 spiro atoms. The molecule has 1 heterocycles. The fourth-order valence-electron chi connectivity index (χ4n) is 2.91. The molecule has 0 radical (unpaired) electrons. The summed E-state index contributed by atoms with van der Waals surface area (Å²) in [7, 11) is 0. The van der Waals surface area contributed by atoms with Gasteiger partial charge in [0.25, 0.3) is 0 Å². The average Bonchev–Trinajstić information content (AvgIpc) is 2.54. The average molecular weight is 348 g/mol. The SMILES string of the molecule is O=C(O)Cc1c(O)cc(O)c2c1O[C@H](c1ccc(O)c(O)c1)[C@@H](O)C2. The molecular formula is C17H16O8. The van der Waals surface area contributed by atoms with E-state index in [1.807, 2.05) is 0 Å². The highest BCUT2D eigenvalue weighted by atomic mass is 16.5. The number of phenols is 4. The zero-order chi connectivity index (χ0) is 18.3. The summed E-state index contributed by atoms with van der Waals surface area (Å²) < 4.78 is 5.69. The highest BCUT2D eigenvalue weighted by molar-refractivity contribution is 5.74. The number of fused-ring (bicyclic) bond motifs is 1. The maximum atomic E-state index is 11.1. The zero-order valence-electron chi connectivity index (χ0n) is 12.9. The number of rotatable bonds is 3. The number of phenolic OH excluding ortho intramolecular Hbond substituents is 4. The third-order valence-electron chi connectivity index (χ3n) is 4.10. The Labute approximate surface area is 141 Å². The van der Waals surface area contributed by atoms with E-state index in [0.29, 0.717) is 5.56 Å². The molecule has 8 nitrogen and oxygen atoms in total. The van der Waals surface area contributed by atoms with Gasteiger partial charge in [0.15, 0.2) is 11.5 Å². The predicted molar refractivity (Wildman–Crippen MR) is 84.0 cm³/mol. The Morgan fingerprint density at radius 2 is 1.76 bits per heavy atom. The molecule has 0 bridgehead atoms. The molecule has 0 unspecified atom stereocenters. The van der Waals surface area contributed by atoms with Gasteiger partial charge in [0.1, 0.15) is 23.4 Å². The van der Waals surface area contributed by atoms with Crippen molar-refractivity contribution in [3.05, 3.63) is 41.0 Å². The van der Waals surface area contributed by atoms with Crippen LogP contribution in [0.1, 0.15) is 22.8 Å². The van der Waals surface area contributed by atoms with E-state index in [4.69, 9.17) is 9.84 Å². The summed E-state index contributed by atoms with van der Waals surface area (Å²) in [4.78, 5) is 11.1. The minimum absolute atomic E-state index is 0.0113. The van der Waals surface area contributed by atoms with Gasteiger partial charge in [-0.1, -0.05) is 6.07 Å². The molecule has 25 heavy (non-hydrogen) atoms. The lowest BCUT2D eigenvalue weighted by atomic mass is 9.91. The van der Waals surface area contributed by atoms with E-state index in [-0.39, 0.29) is 34.8 Å². The van der Waals surface area contributed by atoms with Crippen molar-refractivity contribution in [2.24, 2.45) is 0 Å². The first-order valence-electron chi connectivity index (χ1n) is 7.43. The topological polar surface area (TPSA) is 148 Å². The summed E-state index contributed by atoms with van der Waals surface area (Å²) >= 11 is 0. The van der Waals surface area contributed by atoms with Crippen LogP contribution in [-0.4, -0.2) is 42.7 Å². The number of aliphatic hydroxyl groups is 1.